The lowest BCUT2D eigenvalue weighted by atomic mass is 10.0. The molecule has 22 heavy (non-hydrogen) atoms. The molecule has 118 valence electrons. The van der Waals surface area contributed by atoms with E-state index in [1.165, 1.54) is 30.2 Å². The maximum Gasteiger partial charge on any atom is 0.308 e. The minimum Gasteiger partial charge on any atom is -0.497 e. The van der Waals surface area contributed by atoms with Crippen molar-refractivity contribution < 1.29 is 24.4 Å². The molecule has 0 radical (unpaired) electrons. The number of carboxylic acids is 1. The molecule has 8 heteroatoms. The molecule has 0 bridgehead atoms. The van der Waals surface area contributed by atoms with Crippen LogP contribution in [0.3, 0.4) is 0 Å². The molecule has 0 aliphatic carbocycles. The third kappa shape index (κ3) is 2.72. The number of ether oxygens (including phenoxy) is 1. The van der Waals surface area contributed by atoms with E-state index in [1.807, 2.05) is 0 Å². The molecule has 1 heterocycles. The number of nitro groups is 1. The van der Waals surface area contributed by atoms with E-state index in [0.717, 1.165) is 0 Å². The fourth-order valence-electron chi connectivity index (χ4n) is 2.68. The average Bonchev–Trinajstić information content (AvgIpc) is 2.87. The highest BCUT2D eigenvalue weighted by Crippen LogP contribution is 2.30. The first-order chi connectivity index (χ1) is 10.4. The molecule has 1 saturated heterocycles. The summed E-state index contributed by atoms with van der Waals surface area (Å²) in [6.07, 6.45) is 0.333. The molecule has 2 unspecified atom stereocenters. The Hall–Kier alpha value is -2.64. The van der Waals surface area contributed by atoms with Crippen LogP contribution in [0, 0.1) is 16.0 Å². The maximum atomic E-state index is 12.6. The van der Waals surface area contributed by atoms with Crippen LogP contribution in [0.1, 0.15) is 23.7 Å². The van der Waals surface area contributed by atoms with Gasteiger partial charge in [-0.05, 0) is 25.5 Å². The fraction of sp³-hybridized carbons (Fsp3) is 0.429. The van der Waals surface area contributed by atoms with Crippen LogP contribution < -0.4 is 4.74 Å². The van der Waals surface area contributed by atoms with Gasteiger partial charge in [-0.15, -0.1) is 0 Å². The largest absolute Gasteiger partial charge is 0.497 e. The Balaban J connectivity index is 2.37. The van der Waals surface area contributed by atoms with Crippen molar-refractivity contribution in [2.75, 3.05) is 13.7 Å². The molecule has 1 N–H and O–H groups in total. The number of amides is 1. The van der Waals surface area contributed by atoms with E-state index in [0.29, 0.717) is 12.2 Å². The van der Waals surface area contributed by atoms with Crippen LogP contribution in [0.15, 0.2) is 18.2 Å². The van der Waals surface area contributed by atoms with Gasteiger partial charge in [-0.2, -0.15) is 0 Å². The molecule has 1 aliphatic heterocycles. The number of carbonyl (C=O) groups excluding carboxylic acids is 1. The number of likely N-dealkylation sites (tertiary alicyclic amines) is 1. The van der Waals surface area contributed by atoms with Crippen LogP contribution in [0.2, 0.25) is 0 Å². The van der Waals surface area contributed by atoms with E-state index in [2.05, 4.69) is 0 Å². The standard InChI is InChI=1S/C14H16N2O6/c1-8-10(14(18)19)5-6-15(8)13(17)11-7-9(22-2)3-4-12(11)16(20)21/h3-4,7-8,10H,5-6H2,1-2H3,(H,18,19). The van der Waals surface area contributed by atoms with Crippen molar-refractivity contribution in [2.45, 2.75) is 19.4 Å². The third-order valence-electron chi connectivity index (χ3n) is 3.96. The summed E-state index contributed by atoms with van der Waals surface area (Å²) in [4.78, 5) is 35.5. The number of benzene rings is 1. The van der Waals surface area contributed by atoms with Gasteiger partial charge < -0.3 is 14.7 Å². The summed E-state index contributed by atoms with van der Waals surface area (Å²) in [6.45, 7) is 1.89. The topological polar surface area (TPSA) is 110 Å². The van der Waals surface area contributed by atoms with Crippen molar-refractivity contribution in [3.05, 3.63) is 33.9 Å². The summed E-state index contributed by atoms with van der Waals surface area (Å²) in [5.41, 5.74) is -0.418. The van der Waals surface area contributed by atoms with E-state index < -0.39 is 28.8 Å². The summed E-state index contributed by atoms with van der Waals surface area (Å²) in [7, 11) is 1.40. The molecule has 0 spiro atoms. The number of rotatable bonds is 4. The van der Waals surface area contributed by atoms with Gasteiger partial charge in [0.25, 0.3) is 11.6 Å². The van der Waals surface area contributed by atoms with Gasteiger partial charge in [-0.25, -0.2) is 0 Å². The van der Waals surface area contributed by atoms with Gasteiger partial charge in [-0.1, -0.05) is 0 Å². The number of nitrogens with zero attached hydrogens (tertiary/aromatic N) is 2. The number of carboxylic acid groups (broad SMARTS) is 1. The summed E-state index contributed by atoms with van der Waals surface area (Å²) < 4.78 is 5.00. The lowest BCUT2D eigenvalue weighted by Gasteiger charge is -2.23. The first kappa shape index (κ1) is 15.7. The fourth-order valence-corrected chi connectivity index (χ4v) is 2.68. The van der Waals surface area contributed by atoms with Crippen molar-refractivity contribution >= 4 is 17.6 Å². The minimum atomic E-state index is -0.969. The molecule has 0 saturated carbocycles. The summed E-state index contributed by atoms with van der Waals surface area (Å²) in [6, 6.07) is 3.40. The molecule has 1 amide bonds. The molecule has 2 atom stereocenters. The number of aliphatic carboxylic acids is 1. The van der Waals surface area contributed by atoms with Gasteiger partial charge in [0.15, 0.2) is 0 Å². The van der Waals surface area contributed by atoms with E-state index in [1.54, 1.807) is 6.92 Å². The number of hydrogen-bond acceptors (Lipinski definition) is 5. The Bertz CT molecular complexity index is 630. The van der Waals surface area contributed by atoms with Gasteiger partial charge in [0.2, 0.25) is 0 Å². The lowest BCUT2D eigenvalue weighted by molar-refractivity contribution is -0.385. The summed E-state index contributed by atoms with van der Waals surface area (Å²) >= 11 is 0. The zero-order valence-corrected chi connectivity index (χ0v) is 12.2. The Morgan fingerprint density at radius 2 is 2.14 bits per heavy atom. The van der Waals surface area contributed by atoms with Crippen molar-refractivity contribution in [1.29, 1.82) is 0 Å². The number of methoxy groups -OCH3 is 1. The molecular formula is C14H16N2O6. The SMILES string of the molecule is COc1ccc([N+](=O)[O-])c(C(=O)N2CCC(C(=O)O)C2C)c1. The summed E-state index contributed by atoms with van der Waals surface area (Å²) in [5.74, 6) is -1.85. The van der Waals surface area contributed by atoms with Crippen LogP contribution >= 0.6 is 0 Å². The molecule has 2 rings (SSSR count). The second kappa shape index (κ2) is 6.00. The molecule has 1 aromatic rings. The van der Waals surface area contributed by atoms with Gasteiger partial charge >= 0.3 is 5.97 Å². The Morgan fingerprint density at radius 1 is 1.45 bits per heavy atom. The van der Waals surface area contributed by atoms with Crippen molar-refractivity contribution in [3.63, 3.8) is 0 Å². The zero-order chi connectivity index (χ0) is 16.4. The first-order valence-electron chi connectivity index (χ1n) is 6.73. The highest BCUT2D eigenvalue weighted by atomic mass is 16.6. The maximum absolute atomic E-state index is 12.6. The number of nitro benzene ring substituents is 1. The van der Waals surface area contributed by atoms with Crippen molar-refractivity contribution in [2.24, 2.45) is 5.92 Å². The zero-order valence-electron chi connectivity index (χ0n) is 12.2. The quantitative estimate of drug-likeness (QED) is 0.667. The smallest absolute Gasteiger partial charge is 0.308 e. The molecule has 1 aliphatic rings. The molecule has 1 fully saturated rings. The molecule has 1 aromatic carbocycles. The first-order valence-corrected chi connectivity index (χ1v) is 6.73. The van der Waals surface area contributed by atoms with Crippen LogP contribution in [0.4, 0.5) is 5.69 Å². The molecular weight excluding hydrogens is 292 g/mol. The van der Waals surface area contributed by atoms with Crippen molar-refractivity contribution in [1.82, 2.24) is 4.90 Å². The van der Waals surface area contributed by atoms with E-state index in [4.69, 9.17) is 9.84 Å². The predicted octanol–water partition coefficient (Wildman–Crippen LogP) is 1.54. The second-order valence-electron chi connectivity index (χ2n) is 5.11. The monoisotopic (exact) mass is 308 g/mol. The third-order valence-corrected chi connectivity index (χ3v) is 3.96. The Kier molecular flexibility index (Phi) is 4.30. The van der Waals surface area contributed by atoms with Crippen LogP contribution in [0.5, 0.6) is 5.75 Å². The Morgan fingerprint density at radius 3 is 2.64 bits per heavy atom. The van der Waals surface area contributed by atoms with E-state index >= 15 is 0 Å². The lowest BCUT2D eigenvalue weighted by Crippen LogP contribution is -2.37. The highest BCUT2D eigenvalue weighted by Gasteiger charge is 2.40. The second-order valence-corrected chi connectivity index (χ2v) is 5.11. The van der Waals surface area contributed by atoms with Gasteiger partial charge in [0, 0.05) is 18.7 Å². The Labute approximate surface area is 126 Å². The van der Waals surface area contributed by atoms with Crippen LogP contribution in [0.25, 0.3) is 0 Å². The van der Waals surface area contributed by atoms with Crippen molar-refractivity contribution in [3.8, 4) is 5.75 Å². The van der Waals surface area contributed by atoms with E-state index in [-0.39, 0.29) is 17.8 Å². The molecule has 0 aromatic heterocycles. The van der Waals surface area contributed by atoms with Crippen LogP contribution in [-0.2, 0) is 4.79 Å². The number of hydrogen-bond donors (Lipinski definition) is 1. The minimum absolute atomic E-state index is 0.0951. The van der Waals surface area contributed by atoms with Crippen LogP contribution in [-0.4, -0.2) is 46.5 Å². The highest BCUT2D eigenvalue weighted by molar-refractivity contribution is 5.99. The molecule has 8 nitrogen and oxygen atoms in total. The van der Waals surface area contributed by atoms with E-state index in [9.17, 15) is 19.7 Å². The number of carbonyl (C=O) groups is 2. The van der Waals surface area contributed by atoms with Gasteiger partial charge in [0.1, 0.15) is 11.3 Å². The average molecular weight is 308 g/mol. The van der Waals surface area contributed by atoms with Gasteiger partial charge in [-0.3, -0.25) is 19.7 Å². The summed E-state index contributed by atoms with van der Waals surface area (Å²) in [5, 5.41) is 20.2. The normalized spacial score (nSPS) is 20.7. The predicted molar refractivity (Wildman–Crippen MR) is 75.9 cm³/mol. The van der Waals surface area contributed by atoms with Gasteiger partial charge in [0.05, 0.1) is 18.0 Å².